The van der Waals surface area contributed by atoms with Crippen molar-refractivity contribution in [3.8, 4) is 22.3 Å². The number of hydrogen-bond acceptors (Lipinski definition) is 0. The fraction of sp³-hybridized carbons (Fsp3) is 0.0400. The predicted molar refractivity (Wildman–Crippen MR) is 116 cm³/mol. The SMILES string of the molecule is CP(c1ccccc1)c1ccccc1-c1ccc(-c2ccccc2)cc1. The Morgan fingerprint density at radius 3 is 1.65 bits per heavy atom. The summed E-state index contributed by atoms with van der Waals surface area (Å²) in [6.45, 7) is 2.35. The lowest BCUT2D eigenvalue weighted by Crippen LogP contribution is -2.12. The zero-order chi connectivity index (χ0) is 17.8. The highest BCUT2D eigenvalue weighted by Gasteiger charge is 2.13. The van der Waals surface area contributed by atoms with Crippen molar-refractivity contribution in [3.05, 3.63) is 109 Å². The van der Waals surface area contributed by atoms with Crippen molar-refractivity contribution in [3.63, 3.8) is 0 Å². The van der Waals surface area contributed by atoms with Gasteiger partial charge in [-0.05, 0) is 47.4 Å². The molecule has 26 heavy (non-hydrogen) atoms. The van der Waals surface area contributed by atoms with Gasteiger partial charge in [-0.25, -0.2) is 0 Å². The molecule has 4 rings (SSSR count). The van der Waals surface area contributed by atoms with Crippen LogP contribution in [-0.2, 0) is 0 Å². The van der Waals surface area contributed by atoms with Crippen molar-refractivity contribution in [2.24, 2.45) is 0 Å². The van der Waals surface area contributed by atoms with Crippen LogP contribution in [0.2, 0.25) is 0 Å². The van der Waals surface area contributed by atoms with Gasteiger partial charge in [-0.3, -0.25) is 0 Å². The van der Waals surface area contributed by atoms with E-state index in [0.717, 1.165) is 0 Å². The number of benzene rings is 4. The molecule has 0 aliphatic heterocycles. The Bertz CT molecular complexity index is 973. The van der Waals surface area contributed by atoms with Crippen LogP contribution in [0, 0.1) is 0 Å². The first kappa shape index (κ1) is 16.8. The molecular formula is C25H21P. The molecule has 0 aliphatic rings. The molecule has 0 saturated heterocycles. The summed E-state index contributed by atoms with van der Waals surface area (Å²) in [5.74, 6) is 0. The standard InChI is InChI=1S/C25H21P/c1-26(23-12-6-3-7-13-23)25-15-9-8-14-24(25)22-18-16-21(17-19-22)20-10-4-2-5-11-20/h2-19H,1H3. The molecule has 0 bridgehead atoms. The van der Waals surface area contributed by atoms with E-state index in [9.17, 15) is 0 Å². The van der Waals surface area contributed by atoms with Gasteiger partial charge < -0.3 is 0 Å². The van der Waals surface area contributed by atoms with E-state index < -0.39 is 0 Å². The first-order valence-corrected chi connectivity index (χ1v) is 10.7. The number of rotatable bonds is 4. The van der Waals surface area contributed by atoms with Gasteiger partial charge in [-0.15, -0.1) is 0 Å². The van der Waals surface area contributed by atoms with Crippen molar-refractivity contribution in [2.75, 3.05) is 6.66 Å². The Morgan fingerprint density at radius 2 is 0.962 bits per heavy atom. The molecule has 0 heterocycles. The average Bonchev–Trinajstić information content (AvgIpc) is 2.75. The maximum Gasteiger partial charge on any atom is -0.0104 e. The van der Waals surface area contributed by atoms with E-state index in [1.807, 2.05) is 0 Å². The van der Waals surface area contributed by atoms with E-state index in [4.69, 9.17) is 0 Å². The highest BCUT2D eigenvalue weighted by Crippen LogP contribution is 2.34. The van der Waals surface area contributed by atoms with Crippen LogP contribution >= 0.6 is 7.92 Å². The summed E-state index contributed by atoms with van der Waals surface area (Å²) in [5.41, 5.74) is 5.14. The van der Waals surface area contributed by atoms with Crippen LogP contribution in [0.4, 0.5) is 0 Å². The molecule has 4 aromatic rings. The quantitative estimate of drug-likeness (QED) is 0.390. The highest BCUT2D eigenvalue weighted by molar-refractivity contribution is 7.72. The zero-order valence-corrected chi connectivity index (χ0v) is 15.7. The molecule has 1 heteroatoms. The summed E-state index contributed by atoms with van der Waals surface area (Å²) in [6.07, 6.45) is 0. The third-order valence-electron chi connectivity index (χ3n) is 4.71. The van der Waals surface area contributed by atoms with Gasteiger partial charge in [-0.1, -0.05) is 109 Å². The molecule has 126 valence electrons. The lowest BCUT2D eigenvalue weighted by Gasteiger charge is -2.18. The fourth-order valence-electron chi connectivity index (χ4n) is 3.27. The largest absolute Gasteiger partial charge is 0.0622 e. The average molecular weight is 352 g/mol. The summed E-state index contributed by atoms with van der Waals surface area (Å²) < 4.78 is 0. The monoisotopic (exact) mass is 352 g/mol. The molecule has 0 radical (unpaired) electrons. The highest BCUT2D eigenvalue weighted by atomic mass is 31.1. The van der Waals surface area contributed by atoms with Crippen LogP contribution in [0.1, 0.15) is 0 Å². The second-order valence-electron chi connectivity index (χ2n) is 6.36. The maximum atomic E-state index is 2.35. The molecule has 0 spiro atoms. The predicted octanol–water partition coefficient (Wildman–Crippen LogP) is 6.08. The minimum absolute atomic E-state index is 0.367. The molecule has 4 aromatic carbocycles. The van der Waals surface area contributed by atoms with E-state index in [2.05, 4.69) is 116 Å². The Labute approximate surface area is 156 Å². The summed E-state index contributed by atoms with van der Waals surface area (Å²) >= 11 is 0. The van der Waals surface area contributed by atoms with E-state index in [0.29, 0.717) is 0 Å². The molecular weight excluding hydrogens is 331 g/mol. The maximum absolute atomic E-state index is 2.35. The van der Waals surface area contributed by atoms with Gasteiger partial charge in [0.05, 0.1) is 0 Å². The minimum Gasteiger partial charge on any atom is -0.0622 e. The van der Waals surface area contributed by atoms with E-state index in [1.54, 1.807) is 0 Å². The van der Waals surface area contributed by atoms with Crippen LogP contribution in [0.15, 0.2) is 109 Å². The van der Waals surface area contributed by atoms with Crippen LogP contribution in [0.25, 0.3) is 22.3 Å². The molecule has 0 amide bonds. The van der Waals surface area contributed by atoms with Gasteiger partial charge in [0.15, 0.2) is 0 Å². The van der Waals surface area contributed by atoms with Crippen LogP contribution in [0.5, 0.6) is 0 Å². The second-order valence-corrected chi connectivity index (χ2v) is 8.47. The van der Waals surface area contributed by atoms with Crippen molar-refractivity contribution in [1.29, 1.82) is 0 Å². The molecule has 0 nitrogen and oxygen atoms in total. The Balaban J connectivity index is 1.71. The van der Waals surface area contributed by atoms with Gasteiger partial charge in [-0.2, -0.15) is 0 Å². The van der Waals surface area contributed by atoms with Crippen LogP contribution < -0.4 is 10.6 Å². The van der Waals surface area contributed by atoms with E-state index >= 15 is 0 Å². The summed E-state index contributed by atoms with van der Waals surface area (Å²) in [6, 6.07) is 39.1. The van der Waals surface area contributed by atoms with E-state index in [-0.39, 0.29) is 7.92 Å². The second kappa shape index (κ2) is 7.68. The lowest BCUT2D eigenvalue weighted by molar-refractivity contribution is 1.60. The van der Waals surface area contributed by atoms with Crippen molar-refractivity contribution in [2.45, 2.75) is 0 Å². The molecule has 0 N–H and O–H groups in total. The van der Waals surface area contributed by atoms with Gasteiger partial charge in [0.2, 0.25) is 0 Å². The van der Waals surface area contributed by atoms with E-state index in [1.165, 1.54) is 32.9 Å². The Hall–Kier alpha value is -2.69. The van der Waals surface area contributed by atoms with Crippen LogP contribution in [-0.4, -0.2) is 6.66 Å². The zero-order valence-electron chi connectivity index (χ0n) is 14.8. The molecule has 1 atom stereocenters. The van der Waals surface area contributed by atoms with Gasteiger partial charge in [0, 0.05) is 0 Å². The molecule has 1 unspecified atom stereocenters. The third-order valence-corrected chi connectivity index (χ3v) is 6.90. The first-order chi connectivity index (χ1) is 12.8. The summed E-state index contributed by atoms with van der Waals surface area (Å²) in [5, 5.41) is 2.84. The van der Waals surface area contributed by atoms with Gasteiger partial charge >= 0.3 is 0 Å². The first-order valence-electron chi connectivity index (χ1n) is 8.86. The van der Waals surface area contributed by atoms with Crippen molar-refractivity contribution >= 4 is 18.5 Å². The summed E-state index contributed by atoms with van der Waals surface area (Å²) in [7, 11) is -0.367. The molecule has 0 aliphatic carbocycles. The van der Waals surface area contributed by atoms with Crippen molar-refractivity contribution < 1.29 is 0 Å². The minimum atomic E-state index is -0.367. The Kier molecular flexibility index (Phi) is 4.95. The third kappa shape index (κ3) is 3.47. The smallest absolute Gasteiger partial charge is 0.0104 e. The molecule has 0 aromatic heterocycles. The molecule has 0 saturated carbocycles. The molecule has 0 fully saturated rings. The lowest BCUT2D eigenvalue weighted by atomic mass is 10.0. The normalized spacial score (nSPS) is 11.9. The topological polar surface area (TPSA) is 0 Å². The fourth-order valence-corrected chi connectivity index (χ4v) is 5.05. The summed E-state index contributed by atoms with van der Waals surface area (Å²) in [4.78, 5) is 0. The van der Waals surface area contributed by atoms with Gasteiger partial charge in [0.1, 0.15) is 0 Å². The Morgan fingerprint density at radius 1 is 0.462 bits per heavy atom. The number of hydrogen-bond donors (Lipinski definition) is 0. The van der Waals surface area contributed by atoms with Crippen LogP contribution in [0.3, 0.4) is 0 Å². The van der Waals surface area contributed by atoms with Gasteiger partial charge in [0.25, 0.3) is 0 Å². The van der Waals surface area contributed by atoms with Crippen molar-refractivity contribution in [1.82, 2.24) is 0 Å².